The minimum Gasteiger partial charge on any atom is -0.308 e. The Morgan fingerprint density at radius 1 is 1.44 bits per heavy atom. The van der Waals surface area contributed by atoms with Gasteiger partial charge in [-0.2, -0.15) is 0 Å². The minimum absolute atomic E-state index is 0.700. The molecule has 18 heavy (non-hydrogen) atoms. The minimum atomic E-state index is 0.700. The lowest BCUT2D eigenvalue weighted by Gasteiger charge is -2.05. The van der Waals surface area contributed by atoms with Gasteiger partial charge in [0.05, 0.1) is 22.7 Å². The Morgan fingerprint density at radius 2 is 2.28 bits per heavy atom. The van der Waals surface area contributed by atoms with Crippen molar-refractivity contribution in [2.75, 3.05) is 0 Å². The molecule has 1 aliphatic carbocycles. The van der Waals surface area contributed by atoms with Gasteiger partial charge >= 0.3 is 0 Å². The maximum atomic E-state index is 6.22. The molecular formula is C13H13BrClN3. The van der Waals surface area contributed by atoms with Gasteiger partial charge < -0.3 is 9.88 Å². The summed E-state index contributed by atoms with van der Waals surface area (Å²) >= 11 is 9.62. The molecule has 0 saturated heterocycles. The van der Waals surface area contributed by atoms with Gasteiger partial charge in [-0.25, -0.2) is 4.98 Å². The normalized spacial score (nSPS) is 15.0. The number of benzene rings is 1. The largest absolute Gasteiger partial charge is 0.308 e. The highest BCUT2D eigenvalue weighted by Gasteiger charge is 2.20. The van der Waals surface area contributed by atoms with Crippen LogP contribution in [0, 0.1) is 0 Å². The van der Waals surface area contributed by atoms with E-state index >= 15 is 0 Å². The summed E-state index contributed by atoms with van der Waals surface area (Å²) < 4.78 is 2.94. The molecule has 1 heterocycles. The highest BCUT2D eigenvalue weighted by atomic mass is 79.9. The third-order valence-electron chi connectivity index (χ3n) is 2.97. The fraction of sp³-hybridized carbons (Fsp3) is 0.308. The van der Waals surface area contributed by atoms with E-state index in [1.165, 1.54) is 12.8 Å². The SMILES string of the molecule is Clc1cc(Br)ccc1-n1cnc(CNC2CC2)c1. The van der Waals surface area contributed by atoms with Gasteiger partial charge in [0.25, 0.3) is 0 Å². The summed E-state index contributed by atoms with van der Waals surface area (Å²) in [5.41, 5.74) is 1.99. The van der Waals surface area contributed by atoms with Gasteiger partial charge in [-0.15, -0.1) is 0 Å². The van der Waals surface area contributed by atoms with Crippen LogP contribution in [0.25, 0.3) is 5.69 Å². The summed E-state index contributed by atoms with van der Waals surface area (Å²) in [6.07, 6.45) is 6.40. The lowest BCUT2D eigenvalue weighted by Crippen LogP contribution is -2.15. The number of nitrogens with one attached hydrogen (secondary N) is 1. The Hall–Kier alpha value is -0.840. The number of imidazole rings is 1. The van der Waals surface area contributed by atoms with E-state index in [1.807, 2.05) is 29.0 Å². The van der Waals surface area contributed by atoms with Gasteiger partial charge in [0.15, 0.2) is 0 Å². The van der Waals surface area contributed by atoms with Gasteiger partial charge in [-0.05, 0) is 31.0 Å². The molecule has 0 atom stereocenters. The molecule has 0 radical (unpaired) electrons. The molecule has 1 aliphatic rings. The average molecular weight is 327 g/mol. The van der Waals surface area contributed by atoms with Crippen LogP contribution in [0.4, 0.5) is 0 Å². The number of hydrogen-bond acceptors (Lipinski definition) is 2. The first kappa shape index (κ1) is 12.2. The van der Waals surface area contributed by atoms with Crippen molar-refractivity contribution in [3.05, 3.63) is 45.9 Å². The van der Waals surface area contributed by atoms with Crippen molar-refractivity contribution in [1.29, 1.82) is 0 Å². The summed E-state index contributed by atoms with van der Waals surface area (Å²) in [4.78, 5) is 4.39. The Bertz CT molecular complexity index is 563. The molecule has 1 aromatic carbocycles. The molecule has 0 unspecified atom stereocenters. The highest BCUT2D eigenvalue weighted by Crippen LogP contribution is 2.25. The van der Waals surface area contributed by atoms with Crippen molar-refractivity contribution in [2.24, 2.45) is 0 Å². The molecule has 0 bridgehead atoms. The van der Waals surface area contributed by atoms with E-state index in [0.717, 1.165) is 22.4 Å². The fourth-order valence-corrected chi connectivity index (χ4v) is 2.58. The van der Waals surface area contributed by atoms with Crippen LogP contribution in [-0.4, -0.2) is 15.6 Å². The monoisotopic (exact) mass is 325 g/mol. The smallest absolute Gasteiger partial charge is 0.0996 e. The second-order valence-electron chi connectivity index (χ2n) is 4.52. The number of hydrogen-bond donors (Lipinski definition) is 1. The number of aromatic nitrogens is 2. The second kappa shape index (κ2) is 5.03. The Morgan fingerprint density at radius 3 is 3.00 bits per heavy atom. The summed E-state index contributed by atoms with van der Waals surface area (Å²) in [6.45, 7) is 0.825. The zero-order chi connectivity index (χ0) is 12.5. The molecule has 2 aromatic rings. The molecule has 0 spiro atoms. The third-order valence-corrected chi connectivity index (χ3v) is 3.77. The summed E-state index contributed by atoms with van der Waals surface area (Å²) in [7, 11) is 0. The Labute approximate surface area is 119 Å². The highest BCUT2D eigenvalue weighted by molar-refractivity contribution is 9.10. The fourth-order valence-electron chi connectivity index (χ4n) is 1.81. The number of rotatable bonds is 4. The van der Waals surface area contributed by atoms with E-state index in [2.05, 4.69) is 26.2 Å². The summed E-state index contributed by atoms with van der Waals surface area (Å²) in [5, 5.41) is 4.16. The van der Waals surface area contributed by atoms with Crippen LogP contribution in [0.3, 0.4) is 0 Å². The van der Waals surface area contributed by atoms with Crippen LogP contribution in [0.5, 0.6) is 0 Å². The molecule has 3 rings (SSSR count). The lowest BCUT2D eigenvalue weighted by molar-refractivity contribution is 0.677. The molecule has 1 N–H and O–H groups in total. The maximum absolute atomic E-state index is 6.22. The number of nitrogens with zero attached hydrogens (tertiary/aromatic N) is 2. The zero-order valence-electron chi connectivity index (χ0n) is 9.74. The van der Waals surface area contributed by atoms with Crippen LogP contribution >= 0.6 is 27.5 Å². The van der Waals surface area contributed by atoms with Crippen LogP contribution in [0.15, 0.2) is 35.2 Å². The molecule has 3 nitrogen and oxygen atoms in total. The molecule has 1 saturated carbocycles. The zero-order valence-corrected chi connectivity index (χ0v) is 12.1. The Balaban J connectivity index is 1.78. The van der Waals surface area contributed by atoms with Crippen molar-refractivity contribution < 1.29 is 0 Å². The summed E-state index contributed by atoms with van der Waals surface area (Å²) in [5.74, 6) is 0. The van der Waals surface area contributed by atoms with E-state index in [9.17, 15) is 0 Å². The predicted molar refractivity (Wildman–Crippen MR) is 76.1 cm³/mol. The molecular weight excluding hydrogens is 314 g/mol. The average Bonchev–Trinajstić information content (AvgIpc) is 3.05. The topological polar surface area (TPSA) is 29.9 Å². The van der Waals surface area contributed by atoms with Crippen LogP contribution in [0.1, 0.15) is 18.5 Å². The first-order chi connectivity index (χ1) is 8.72. The van der Waals surface area contributed by atoms with Crippen molar-refractivity contribution >= 4 is 27.5 Å². The van der Waals surface area contributed by atoms with Crippen molar-refractivity contribution in [3.63, 3.8) is 0 Å². The molecule has 0 amide bonds. The van der Waals surface area contributed by atoms with Crippen molar-refractivity contribution in [3.8, 4) is 5.69 Å². The lowest BCUT2D eigenvalue weighted by atomic mass is 10.3. The third kappa shape index (κ3) is 2.76. The first-order valence-corrected chi connectivity index (χ1v) is 7.11. The van der Waals surface area contributed by atoms with Crippen molar-refractivity contribution in [2.45, 2.75) is 25.4 Å². The van der Waals surface area contributed by atoms with E-state index in [1.54, 1.807) is 6.33 Å². The molecule has 1 aromatic heterocycles. The van der Waals surface area contributed by atoms with Crippen molar-refractivity contribution in [1.82, 2.24) is 14.9 Å². The number of halogens is 2. The Kier molecular flexibility index (Phi) is 3.41. The van der Waals surface area contributed by atoms with E-state index < -0.39 is 0 Å². The second-order valence-corrected chi connectivity index (χ2v) is 5.85. The molecule has 94 valence electrons. The van der Waals surface area contributed by atoms with E-state index in [-0.39, 0.29) is 0 Å². The van der Waals surface area contributed by atoms with Gasteiger partial charge in [-0.3, -0.25) is 0 Å². The van der Waals surface area contributed by atoms with Crippen LogP contribution in [-0.2, 0) is 6.54 Å². The standard InChI is InChI=1S/C13H13BrClN3/c14-9-1-4-13(12(15)5-9)18-7-11(17-8-18)6-16-10-2-3-10/h1,4-5,7-8,10,16H,2-3,6H2. The summed E-state index contributed by atoms with van der Waals surface area (Å²) in [6, 6.07) is 6.54. The van der Waals surface area contributed by atoms with Gasteiger partial charge in [0.2, 0.25) is 0 Å². The first-order valence-electron chi connectivity index (χ1n) is 5.94. The van der Waals surface area contributed by atoms with Crippen LogP contribution < -0.4 is 5.32 Å². The molecule has 1 fully saturated rings. The van der Waals surface area contributed by atoms with E-state index in [4.69, 9.17) is 11.6 Å². The van der Waals surface area contributed by atoms with E-state index in [0.29, 0.717) is 11.1 Å². The van der Waals surface area contributed by atoms with Gasteiger partial charge in [0.1, 0.15) is 0 Å². The van der Waals surface area contributed by atoms with Crippen LogP contribution in [0.2, 0.25) is 5.02 Å². The van der Waals surface area contributed by atoms with Gasteiger partial charge in [-0.1, -0.05) is 27.5 Å². The molecule has 0 aliphatic heterocycles. The predicted octanol–water partition coefficient (Wildman–Crippen LogP) is 3.54. The maximum Gasteiger partial charge on any atom is 0.0996 e. The quantitative estimate of drug-likeness (QED) is 0.931. The molecule has 5 heteroatoms. The van der Waals surface area contributed by atoms with Gasteiger partial charge in [0, 0.05) is 23.3 Å².